The Balaban J connectivity index is 1.15. The maximum absolute atomic E-state index is 14.8. The number of ether oxygens (including phenoxy) is 2. The van der Waals surface area contributed by atoms with Gasteiger partial charge in [0.15, 0.2) is 11.5 Å². The minimum Gasteiger partial charge on any atom is -0.507 e. The standard InChI is InChI=1S/C42H36ClFN6O8/c1-42-26(37(52)49(39(42)54)22-10-12-28(44)27(43)17-22)18-31-24(35(42)25-11-9-21-7-5-6-8-23(21)36(25)51)13-16-48-40(55)47(41(56)50(31)48)15-14-29-38(53)46(2)32-20-34(58-4)33(57-3)19-30(32)45-29/h5-13,17,19-20,26,31,35,51H,14-16,18H2,1-4H3/t26-,31+,35+,42+/m0/s1. The van der Waals surface area contributed by atoms with Gasteiger partial charge in [0.05, 0.1) is 59.9 Å². The topological polar surface area (TPSA) is 160 Å². The van der Waals surface area contributed by atoms with Gasteiger partial charge < -0.3 is 19.1 Å². The number of nitrogens with zero attached hydrogens (tertiary/aromatic N) is 6. The van der Waals surface area contributed by atoms with Crippen LogP contribution in [0.1, 0.15) is 36.6 Å². The summed E-state index contributed by atoms with van der Waals surface area (Å²) in [5.41, 5.74) is -1.09. The highest BCUT2D eigenvalue weighted by atomic mass is 35.5. The molecule has 16 heteroatoms. The van der Waals surface area contributed by atoms with Crippen LogP contribution in [0.25, 0.3) is 21.8 Å². The predicted octanol–water partition coefficient (Wildman–Crippen LogP) is 4.83. The Kier molecular flexibility index (Phi) is 8.51. The van der Waals surface area contributed by atoms with E-state index in [1.54, 1.807) is 50.4 Å². The van der Waals surface area contributed by atoms with Crippen molar-refractivity contribution in [2.75, 3.05) is 19.1 Å². The Hall–Kier alpha value is -6.48. The smallest absolute Gasteiger partial charge is 0.347 e. The summed E-state index contributed by atoms with van der Waals surface area (Å²) in [6.45, 7) is 1.45. The summed E-state index contributed by atoms with van der Waals surface area (Å²) in [5, 5.41) is 12.9. The quantitative estimate of drug-likeness (QED) is 0.176. The first-order valence-corrected chi connectivity index (χ1v) is 19.0. The number of aryl methyl sites for hydroxylation is 2. The largest absolute Gasteiger partial charge is 0.507 e. The number of phenolic OH excluding ortho intramolecular Hbond substituents is 1. The number of methoxy groups -OCH3 is 2. The Morgan fingerprint density at radius 1 is 0.966 bits per heavy atom. The molecule has 0 spiro atoms. The van der Waals surface area contributed by atoms with Crippen molar-refractivity contribution >= 4 is 50.9 Å². The van der Waals surface area contributed by atoms with E-state index in [1.165, 1.54) is 40.3 Å². The number of carbonyl (C=O) groups excluding carboxylic acids is 2. The molecule has 2 fully saturated rings. The van der Waals surface area contributed by atoms with Gasteiger partial charge >= 0.3 is 11.4 Å². The Labute approximate surface area is 333 Å². The molecule has 3 aliphatic rings. The van der Waals surface area contributed by atoms with Crippen molar-refractivity contribution in [2.45, 2.75) is 44.8 Å². The third kappa shape index (κ3) is 5.15. The van der Waals surface area contributed by atoms with Crippen LogP contribution in [0.3, 0.4) is 0 Å². The number of halogens is 2. The number of carbonyl (C=O) groups is 2. The molecule has 296 valence electrons. The van der Waals surface area contributed by atoms with E-state index in [1.807, 2.05) is 18.2 Å². The molecule has 1 aliphatic carbocycles. The Morgan fingerprint density at radius 3 is 2.45 bits per heavy atom. The van der Waals surface area contributed by atoms with Crippen LogP contribution < -0.4 is 31.3 Å². The fourth-order valence-electron chi connectivity index (χ4n) is 9.33. The van der Waals surface area contributed by atoms with Crippen LogP contribution in [0.4, 0.5) is 10.1 Å². The van der Waals surface area contributed by atoms with Gasteiger partial charge in [0.1, 0.15) is 17.3 Å². The number of hydrogen-bond donors (Lipinski definition) is 1. The summed E-state index contributed by atoms with van der Waals surface area (Å²) in [7, 11) is 4.56. The maximum Gasteiger partial charge on any atom is 0.347 e. The van der Waals surface area contributed by atoms with E-state index in [0.717, 1.165) is 20.9 Å². The minimum atomic E-state index is -1.48. The highest BCUT2D eigenvalue weighted by Crippen LogP contribution is 2.62. The van der Waals surface area contributed by atoms with Crippen molar-refractivity contribution in [3.05, 3.63) is 132 Å². The molecule has 9 rings (SSSR count). The number of phenols is 1. The molecule has 14 nitrogen and oxygen atoms in total. The van der Waals surface area contributed by atoms with E-state index in [2.05, 4.69) is 4.98 Å². The number of allylic oxidation sites excluding steroid dienone is 2. The van der Waals surface area contributed by atoms with Gasteiger partial charge in [-0.15, -0.1) is 0 Å². The summed E-state index contributed by atoms with van der Waals surface area (Å²) in [6.07, 6.45) is 1.69. The summed E-state index contributed by atoms with van der Waals surface area (Å²) < 4.78 is 30.2. The molecule has 2 aromatic heterocycles. The van der Waals surface area contributed by atoms with Crippen molar-refractivity contribution in [3.8, 4) is 17.2 Å². The number of benzene rings is 4. The summed E-state index contributed by atoms with van der Waals surface area (Å²) in [6, 6.07) is 16.8. The molecule has 6 aromatic rings. The van der Waals surface area contributed by atoms with Crippen molar-refractivity contribution in [3.63, 3.8) is 0 Å². The van der Waals surface area contributed by atoms with Crippen LogP contribution in [-0.4, -0.2) is 54.6 Å². The van der Waals surface area contributed by atoms with Gasteiger partial charge in [-0.1, -0.05) is 54.1 Å². The number of aromatic hydroxyl groups is 1. The van der Waals surface area contributed by atoms with Gasteiger partial charge in [0, 0.05) is 49.0 Å². The van der Waals surface area contributed by atoms with E-state index in [9.17, 15) is 33.5 Å². The molecule has 1 N–H and O–H groups in total. The molecule has 58 heavy (non-hydrogen) atoms. The van der Waals surface area contributed by atoms with Crippen molar-refractivity contribution in [2.24, 2.45) is 18.4 Å². The van der Waals surface area contributed by atoms with Gasteiger partial charge in [0.25, 0.3) is 5.56 Å². The van der Waals surface area contributed by atoms with Crippen LogP contribution in [-0.2, 0) is 36.1 Å². The number of rotatable bonds is 7. The lowest BCUT2D eigenvalue weighted by Crippen LogP contribution is -2.49. The third-order valence-electron chi connectivity index (χ3n) is 12.2. The highest BCUT2D eigenvalue weighted by molar-refractivity contribution is 6.31. The second-order valence-corrected chi connectivity index (χ2v) is 15.4. The van der Waals surface area contributed by atoms with Crippen LogP contribution in [0.2, 0.25) is 5.02 Å². The zero-order valence-electron chi connectivity index (χ0n) is 31.7. The molecule has 2 aliphatic heterocycles. The maximum atomic E-state index is 14.8. The second kappa shape index (κ2) is 13.3. The lowest BCUT2D eigenvalue weighted by Gasteiger charge is -2.47. The van der Waals surface area contributed by atoms with Crippen LogP contribution in [0.15, 0.2) is 92.8 Å². The van der Waals surface area contributed by atoms with Gasteiger partial charge in [-0.2, -0.15) is 0 Å². The normalized spacial score (nSPS) is 21.2. The first kappa shape index (κ1) is 37.1. The van der Waals surface area contributed by atoms with E-state index < -0.39 is 57.9 Å². The summed E-state index contributed by atoms with van der Waals surface area (Å²) in [4.78, 5) is 76.9. The molecule has 0 unspecified atom stereocenters. The number of fused-ring (bicyclic) bond motifs is 6. The van der Waals surface area contributed by atoms with Crippen LogP contribution >= 0.6 is 11.6 Å². The van der Waals surface area contributed by atoms with Crippen molar-refractivity contribution < 1.29 is 28.6 Å². The molecule has 4 aromatic carbocycles. The zero-order valence-corrected chi connectivity index (χ0v) is 32.5. The number of anilines is 1. The molecule has 4 heterocycles. The van der Waals surface area contributed by atoms with E-state index in [-0.39, 0.29) is 48.1 Å². The Morgan fingerprint density at radius 2 is 1.71 bits per heavy atom. The number of aromatic nitrogens is 5. The van der Waals surface area contributed by atoms with E-state index >= 15 is 0 Å². The number of hydrogen-bond acceptors (Lipinski definition) is 9. The van der Waals surface area contributed by atoms with E-state index in [0.29, 0.717) is 39.1 Å². The number of amides is 2. The second-order valence-electron chi connectivity index (χ2n) is 15.0. The monoisotopic (exact) mass is 806 g/mol. The highest BCUT2D eigenvalue weighted by Gasteiger charge is 2.66. The first-order chi connectivity index (χ1) is 27.8. The third-order valence-corrected chi connectivity index (χ3v) is 12.5. The molecule has 4 atom stereocenters. The van der Waals surface area contributed by atoms with Crippen LogP contribution in [0, 0.1) is 17.2 Å². The molecule has 1 saturated heterocycles. The fraction of sp³-hybridized carbons (Fsp3) is 0.286. The molecule has 2 amide bonds. The first-order valence-electron chi connectivity index (χ1n) is 18.6. The average Bonchev–Trinajstić information content (AvgIpc) is 3.58. The lowest BCUT2D eigenvalue weighted by atomic mass is 9.56. The zero-order chi connectivity index (χ0) is 40.9. The van der Waals surface area contributed by atoms with Gasteiger partial charge in [-0.05, 0) is 42.5 Å². The minimum absolute atomic E-state index is 0.0371. The van der Waals surface area contributed by atoms with Crippen molar-refractivity contribution in [1.82, 2.24) is 23.5 Å². The summed E-state index contributed by atoms with van der Waals surface area (Å²) >= 11 is 6.13. The van der Waals surface area contributed by atoms with Gasteiger partial charge in [-0.25, -0.2) is 37.8 Å². The Bertz CT molecular complexity index is 3000. The van der Waals surface area contributed by atoms with Crippen molar-refractivity contribution in [1.29, 1.82) is 0 Å². The molecule has 1 saturated carbocycles. The summed E-state index contributed by atoms with van der Waals surface area (Å²) in [5.74, 6) is -3.10. The lowest BCUT2D eigenvalue weighted by molar-refractivity contribution is -0.129. The molecule has 0 radical (unpaired) electrons. The average molecular weight is 807 g/mol. The van der Waals surface area contributed by atoms with E-state index in [4.69, 9.17) is 21.1 Å². The van der Waals surface area contributed by atoms with Gasteiger partial charge in [0.2, 0.25) is 11.8 Å². The molecular formula is C42H36ClFN6O8. The SMILES string of the molecule is COc1cc2nc(CCn3c(=O)n4n(c3=O)[C@@H]3C[C@H]5C(=O)N(c6ccc(F)c(Cl)c6)C(=O)[C@@]5(C)[C@@H](c5ccc6ccccc6c5O)C3=CC4)c(=O)n(C)c2cc1OC. The molecular weight excluding hydrogens is 771 g/mol. The predicted molar refractivity (Wildman–Crippen MR) is 212 cm³/mol. The fourth-order valence-corrected chi connectivity index (χ4v) is 9.50. The van der Waals surface area contributed by atoms with Gasteiger partial charge in [-0.3, -0.25) is 14.4 Å². The molecule has 0 bridgehead atoms. The number of imide groups is 1. The van der Waals surface area contributed by atoms with Crippen LogP contribution in [0.5, 0.6) is 17.2 Å².